The summed E-state index contributed by atoms with van der Waals surface area (Å²) in [6.45, 7) is 8.44. The van der Waals surface area contributed by atoms with Crippen molar-refractivity contribution in [3.63, 3.8) is 0 Å². The van der Waals surface area contributed by atoms with Crippen molar-refractivity contribution in [1.29, 1.82) is 0 Å². The van der Waals surface area contributed by atoms with Crippen LogP contribution in [0.2, 0.25) is 0 Å². The predicted molar refractivity (Wildman–Crippen MR) is 118 cm³/mol. The lowest BCUT2D eigenvalue weighted by molar-refractivity contribution is -0.128. The van der Waals surface area contributed by atoms with Crippen LogP contribution in [0.5, 0.6) is 0 Å². The molecule has 0 unspecified atom stereocenters. The molecule has 0 bridgehead atoms. The first kappa shape index (κ1) is 20.5. The molecule has 2 aromatic carbocycles. The highest BCUT2D eigenvalue weighted by atomic mass is 16.2. The summed E-state index contributed by atoms with van der Waals surface area (Å²) in [6.07, 6.45) is 3.39. The van der Waals surface area contributed by atoms with Gasteiger partial charge < -0.3 is 9.88 Å². The van der Waals surface area contributed by atoms with E-state index in [2.05, 4.69) is 35.9 Å². The molecule has 0 aliphatic carbocycles. The Bertz CT molecular complexity index is 1080. The lowest BCUT2D eigenvalue weighted by Crippen LogP contribution is -2.36. The second kappa shape index (κ2) is 8.86. The molecule has 0 radical (unpaired) electrons. The Hall–Kier alpha value is -3.21. The fourth-order valence-electron chi connectivity index (χ4n) is 3.14. The third-order valence-corrected chi connectivity index (χ3v) is 4.91. The maximum atomic E-state index is 12.8. The van der Waals surface area contributed by atoms with Gasteiger partial charge >= 0.3 is 0 Å². The van der Waals surface area contributed by atoms with Gasteiger partial charge in [-0.2, -0.15) is 0 Å². The molecular formula is C24H27N3O2. The third-order valence-electron chi connectivity index (χ3n) is 4.91. The molecule has 0 aliphatic rings. The summed E-state index contributed by atoms with van der Waals surface area (Å²) < 4.78 is 0. The Morgan fingerprint density at radius 2 is 1.76 bits per heavy atom. The Morgan fingerprint density at radius 3 is 2.41 bits per heavy atom. The molecule has 1 N–H and O–H groups in total. The van der Waals surface area contributed by atoms with Crippen molar-refractivity contribution < 1.29 is 4.79 Å². The highest BCUT2D eigenvalue weighted by Gasteiger charge is 2.17. The van der Waals surface area contributed by atoms with E-state index in [1.54, 1.807) is 29.2 Å². The Balaban J connectivity index is 1.79. The number of carbonyl (C=O) groups is 1. The summed E-state index contributed by atoms with van der Waals surface area (Å²) in [7, 11) is 0. The zero-order valence-corrected chi connectivity index (χ0v) is 17.3. The topological polar surface area (TPSA) is 66.1 Å². The van der Waals surface area contributed by atoms with Crippen LogP contribution < -0.4 is 5.56 Å². The van der Waals surface area contributed by atoms with Gasteiger partial charge in [-0.25, -0.2) is 4.98 Å². The van der Waals surface area contributed by atoms with E-state index in [9.17, 15) is 9.59 Å². The first-order valence-electron chi connectivity index (χ1n) is 9.91. The maximum absolute atomic E-state index is 12.8. The minimum absolute atomic E-state index is 0.0350. The van der Waals surface area contributed by atoms with Gasteiger partial charge in [-0.05, 0) is 49.1 Å². The van der Waals surface area contributed by atoms with Crippen LogP contribution in [0.3, 0.4) is 0 Å². The largest absolute Gasteiger partial charge is 0.329 e. The van der Waals surface area contributed by atoms with Gasteiger partial charge in [0.05, 0.1) is 17.4 Å². The fraction of sp³-hybridized carbons (Fsp3) is 0.292. The average Bonchev–Trinajstić information content (AvgIpc) is 2.70. The van der Waals surface area contributed by atoms with Crippen LogP contribution in [0.1, 0.15) is 50.6 Å². The van der Waals surface area contributed by atoms with Crippen molar-refractivity contribution in [2.24, 2.45) is 0 Å². The van der Waals surface area contributed by atoms with E-state index < -0.39 is 0 Å². The van der Waals surface area contributed by atoms with Gasteiger partial charge in [0.2, 0.25) is 5.91 Å². The average molecular weight is 389 g/mol. The van der Waals surface area contributed by atoms with Crippen LogP contribution in [0.25, 0.3) is 17.0 Å². The van der Waals surface area contributed by atoms with Gasteiger partial charge in [-0.3, -0.25) is 9.59 Å². The van der Waals surface area contributed by atoms with Crippen LogP contribution >= 0.6 is 0 Å². The van der Waals surface area contributed by atoms with Gasteiger partial charge in [-0.15, -0.1) is 0 Å². The molecule has 1 heterocycles. The maximum Gasteiger partial charge on any atom is 0.258 e. The number of H-pyrrole nitrogens is 1. The summed E-state index contributed by atoms with van der Waals surface area (Å²) in [6, 6.07) is 15.4. The number of para-hydroxylation sites is 1. The Morgan fingerprint density at radius 1 is 1.07 bits per heavy atom. The number of benzene rings is 2. The molecule has 0 fully saturated rings. The molecule has 1 aromatic heterocycles. The Kier molecular flexibility index (Phi) is 6.27. The van der Waals surface area contributed by atoms with Crippen molar-refractivity contribution in [1.82, 2.24) is 14.9 Å². The van der Waals surface area contributed by atoms with E-state index >= 15 is 0 Å². The molecule has 0 spiro atoms. The summed E-state index contributed by atoms with van der Waals surface area (Å²) in [5.74, 6) is 0.830. The molecule has 3 aromatic rings. The van der Waals surface area contributed by atoms with E-state index in [1.807, 2.05) is 38.1 Å². The van der Waals surface area contributed by atoms with Crippen molar-refractivity contribution >= 4 is 22.9 Å². The summed E-state index contributed by atoms with van der Waals surface area (Å²) in [4.78, 5) is 34.1. The highest BCUT2D eigenvalue weighted by molar-refractivity contribution is 5.92. The van der Waals surface area contributed by atoms with Crippen LogP contribution in [0.4, 0.5) is 0 Å². The van der Waals surface area contributed by atoms with Gasteiger partial charge in [0.15, 0.2) is 0 Å². The van der Waals surface area contributed by atoms with Gasteiger partial charge in [0, 0.05) is 12.1 Å². The molecule has 0 atom stereocenters. The number of nitrogens with zero attached hydrogens (tertiary/aromatic N) is 2. The zero-order valence-electron chi connectivity index (χ0n) is 17.3. The second-order valence-corrected chi connectivity index (χ2v) is 7.74. The lowest BCUT2D eigenvalue weighted by Gasteiger charge is -2.25. The van der Waals surface area contributed by atoms with E-state index in [0.717, 1.165) is 5.56 Å². The summed E-state index contributed by atoms with van der Waals surface area (Å²) in [5.41, 5.74) is 2.68. The monoisotopic (exact) mass is 389 g/mol. The number of hydrogen-bond donors (Lipinski definition) is 1. The predicted octanol–water partition coefficient (Wildman–Crippen LogP) is 4.50. The molecule has 5 heteroatoms. The number of amides is 1. The van der Waals surface area contributed by atoms with Crippen molar-refractivity contribution in [3.05, 3.63) is 81.9 Å². The zero-order chi connectivity index (χ0) is 21.0. The first-order chi connectivity index (χ1) is 13.8. The number of fused-ring (bicyclic) bond motifs is 1. The van der Waals surface area contributed by atoms with Crippen LogP contribution in [-0.2, 0) is 11.3 Å². The van der Waals surface area contributed by atoms with E-state index in [4.69, 9.17) is 0 Å². The summed E-state index contributed by atoms with van der Waals surface area (Å²) in [5, 5.41) is 0.545. The van der Waals surface area contributed by atoms with Crippen molar-refractivity contribution in [2.75, 3.05) is 0 Å². The minimum Gasteiger partial charge on any atom is -0.329 e. The van der Waals surface area contributed by atoms with Gasteiger partial charge in [-0.1, -0.05) is 50.2 Å². The summed E-state index contributed by atoms with van der Waals surface area (Å²) >= 11 is 0. The van der Waals surface area contributed by atoms with Gasteiger partial charge in [0.25, 0.3) is 5.56 Å². The van der Waals surface area contributed by atoms with Crippen molar-refractivity contribution in [3.8, 4) is 0 Å². The van der Waals surface area contributed by atoms with Crippen molar-refractivity contribution in [2.45, 2.75) is 46.2 Å². The number of aromatic amines is 1. The van der Waals surface area contributed by atoms with E-state index in [0.29, 0.717) is 22.6 Å². The SMILES string of the molecule is CC(C)c1ccc(/C=C/C(=O)N(Cc2nc3ccccc3c(=O)[nH]2)C(C)C)cc1. The second-order valence-electron chi connectivity index (χ2n) is 7.74. The molecule has 0 saturated heterocycles. The Labute approximate surface area is 171 Å². The minimum atomic E-state index is -0.192. The molecule has 5 nitrogen and oxygen atoms in total. The number of hydrogen-bond acceptors (Lipinski definition) is 3. The van der Waals surface area contributed by atoms with E-state index in [1.165, 1.54) is 5.56 Å². The molecule has 150 valence electrons. The number of aromatic nitrogens is 2. The van der Waals surface area contributed by atoms with Gasteiger partial charge in [0.1, 0.15) is 5.82 Å². The highest BCUT2D eigenvalue weighted by Crippen LogP contribution is 2.16. The van der Waals surface area contributed by atoms with Crippen LogP contribution in [0.15, 0.2) is 59.4 Å². The molecule has 0 saturated carbocycles. The smallest absolute Gasteiger partial charge is 0.258 e. The van der Waals surface area contributed by atoms with Crippen LogP contribution in [0, 0.1) is 0 Å². The quantitative estimate of drug-likeness (QED) is 0.632. The van der Waals surface area contributed by atoms with Crippen LogP contribution in [-0.4, -0.2) is 26.8 Å². The number of rotatable bonds is 6. The standard InChI is InChI=1S/C24H27N3O2/c1-16(2)19-12-9-18(10-13-19)11-14-23(28)27(17(3)4)15-22-25-21-8-6-5-7-20(21)24(29)26-22/h5-14,16-17H,15H2,1-4H3,(H,25,26,29)/b14-11+. The van der Waals surface area contributed by atoms with E-state index in [-0.39, 0.29) is 24.1 Å². The normalized spacial score (nSPS) is 11.7. The number of nitrogens with one attached hydrogen (secondary N) is 1. The fourth-order valence-corrected chi connectivity index (χ4v) is 3.14. The molecule has 3 rings (SSSR count). The first-order valence-corrected chi connectivity index (χ1v) is 9.91. The number of carbonyl (C=O) groups excluding carboxylic acids is 1. The third kappa shape index (κ3) is 4.99. The molecular weight excluding hydrogens is 362 g/mol. The molecule has 29 heavy (non-hydrogen) atoms. The lowest BCUT2D eigenvalue weighted by atomic mass is 10.0. The molecule has 0 aliphatic heterocycles. The molecule has 1 amide bonds.